The van der Waals surface area contributed by atoms with Crippen LogP contribution in [-0.2, 0) is 6.42 Å². The molecule has 0 amide bonds. The third-order valence-electron chi connectivity index (χ3n) is 2.96. The number of anilines is 1. The monoisotopic (exact) mass is 268 g/mol. The van der Waals surface area contributed by atoms with Crippen molar-refractivity contribution in [1.29, 1.82) is 0 Å². The van der Waals surface area contributed by atoms with Crippen LogP contribution in [-0.4, -0.2) is 12.0 Å². The number of pyridine rings is 1. The Morgan fingerprint density at radius 3 is 2.59 bits per heavy atom. The lowest BCUT2D eigenvalue weighted by atomic mass is 10.0. The lowest BCUT2D eigenvalue weighted by Gasteiger charge is -2.14. The fourth-order valence-corrected chi connectivity index (χ4v) is 2.51. The summed E-state index contributed by atoms with van der Waals surface area (Å²) >= 11 is 12.2. The van der Waals surface area contributed by atoms with Gasteiger partial charge in [-0.15, -0.1) is 0 Å². The molecule has 0 aliphatic heterocycles. The Kier molecular flexibility index (Phi) is 3.45. The summed E-state index contributed by atoms with van der Waals surface area (Å²) in [7, 11) is 1.91. The molecule has 17 heavy (non-hydrogen) atoms. The van der Waals surface area contributed by atoms with Crippen LogP contribution in [0.25, 0.3) is 10.9 Å². The molecule has 0 atom stereocenters. The molecule has 0 spiro atoms. The van der Waals surface area contributed by atoms with E-state index in [9.17, 15) is 0 Å². The van der Waals surface area contributed by atoms with Gasteiger partial charge in [0.05, 0.1) is 15.6 Å². The van der Waals surface area contributed by atoms with Crippen LogP contribution in [0.3, 0.4) is 0 Å². The summed E-state index contributed by atoms with van der Waals surface area (Å²) in [5.74, 6) is 0. The predicted octanol–water partition coefficient (Wildman–Crippen LogP) is 4.45. The first-order valence-electron chi connectivity index (χ1n) is 5.55. The highest BCUT2D eigenvalue weighted by molar-refractivity contribution is 6.45. The van der Waals surface area contributed by atoms with Gasteiger partial charge in [0.1, 0.15) is 0 Å². The Bertz CT molecular complexity index is 579. The number of halogens is 2. The maximum absolute atomic E-state index is 6.20. The van der Waals surface area contributed by atoms with Crippen molar-refractivity contribution >= 4 is 39.8 Å². The van der Waals surface area contributed by atoms with Gasteiger partial charge in [-0.2, -0.15) is 0 Å². The molecule has 1 heterocycles. The van der Waals surface area contributed by atoms with E-state index in [-0.39, 0.29) is 0 Å². The summed E-state index contributed by atoms with van der Waals surface area (Å²) in [6.45, 7) is 4.12. The number of nitrogens with zero attached hydrogens (tertiary/aromatic N) is 1. The minimum Gasteiger partial charge on any atom is -0.387 e. The summed E-state index contributed by atoms with van der Waals surface area (Å²) in [6.07, 6.45) is 0.936. The van der Waals surface area contributed by atoms with Crippen molar-refractivity contribution in [2.45, 2.75) is 20.3 Å². The minimum absolute atomic E-state index is 0.520. The number of aryl methyl sites for hydroxylation is 1. The molecule has 1 aromatic carbocycles. The van der Waals surface area contributed by atoms with E-state index in [0.29, 0.717) is 10.0 Å². The van der Waals surface area contributed by atoms with Crippen molar-refractivity contribution in [3.05, 3.63) is 33.4 Å². The van der Waals surface area contributed by atoms with E-state index in [1.165, 1.54) is 5.56 Å². The smallest absolute Gasteiger partial charge is 0.0927 e. The van der Waals surface area contributed by atoms with Crippen LogP contribution < -0.4 is 5.32 Å². The molecule has 2 nitrogen and oxygen atoms in total. The predicted molar refractivity (Wildman–Crippen MR) is 75.4 cm³/mol. The van der Waals surface area contributed by atoms with Gasteiger partial charge in [0.15, 0.2) is 0 Å². The first-order chi connectivity index (χ1) is 8.10. The second-order valence-corrected chi connectivity index (χ2v) is 4.70. The molecule has 1 aromatic heterocycles. The number of hydrogen-bond acceptors (Lipinski definition) is 2. The van der Waals surface area contributed by atoms with Crippen LogP contribution in [0, 0.1) is 6.92 Å². The van der Waals surface area contributed by atoms with Gasteiger partial charge < -0.3 is 5.32 Å². The zero-order valence-electron chi connectivity index (χ0n) is 10.1. The van der Waals surface area contributed by atoms with Gasteiger partial charge in [-0.1, -0.05) is 30.1 Å². The number of rotatable bonds is 2. The van der Waals surface area contributed by atoms with Crippen LogP contribution in [0.5, 0.6) is 0 Å². The average molecular weight is 269 g/mol. The zero-order valence-corrected chi connectivity index (χ0v) is 11.6. The number of benzene rings is 1. The highest BCUT2D eigenvalue weighted by Gasteiger charge is 2.13. The van der Waals surface area contributed by atoms with Crippen LogP contribution in [0.15, 0.2) is 12.1 Å². The molecule has 0 aliphatic carbocycles. The van der Waals surface area contributed by atoms with Crippen molar-refractivity contribution in [2.75, 3.05) is 12.4 Å². The molecule has 0 radical (unpaired) electrons. The van der Waals surface area contributed by atoms with Crippen molar-refractivity contribution in [1.82, 2.24) is 4.98 Å². The summed E-state index contributed by atoms with van der Waals surface area (Å²) in [5.41, 5.74) is 4.07. The number of aromatic nitrogens is 1. The molecular weight excluding hydrogens is 255 g/mol. The lowest BCUT2D eigenvalue weighted by Crippen LogP contribution is -2.01. The first-order valence-corrected chi connectivity index (χ1v) is 6.30. The maximum Gasteiger partial charge on any atom is 0.0927 e. The highest BCUT2D eigenvalue weighted by atomic mass is 35.5. The van der Waals surface area contributed by atoms with Gasteiger partial charge in [0.2, 0.25) is 0 Å². The van der Waals surface area contributed by atoms with Crippen molar-refractivity contribution in [3.63, 3.8) is 0 Å². The molecule has 0 fully saturated rings. The second-order valence-electron chi connectivity index (χ2n) is 3.91. The van der Waals surface area contributed by atoms with Crippen molar-refractivity contribution in [2.24, 2.45) is 0 Å². The van der Waals surface area contributed by atoms with Gasteiger partial charge in [-0.05, 0) is 31.0 Å². The van der Waals surface area contributed by atoms with Gasteiger partial charge in [-0.3, -0.25) is 4.98 Å². The van der Waals surface area contributed by atoms with Crippen LogP contribution in [0.2, 0.25) is 10.0 Å². The summed E-state index contributed by atoms with van der Waals surface area (Å²) in [5, 5.41) is 5.31. The molecule has 0 unspecified atom stereocenters. The number of hydrogen-bond donors (Lipinski definition) is 1. The van der Waals surface area contributed by atoms with E-state index in [4.69, 9.17) is 23.2 Å². The Balaban J connectivity index is 2.92. The summed E-state index contributed by atoms with van der Waals surface area (Å²) in [6, 6.07) is 3.77. The quantitative estimate of drug-likeness (QED) is 0.870. The molecule has 0 saturated heterocycles. The van der Waals surface area contributed by atoms with E-state index < -0.39 is 0 Å². The largest absolute Gasteiger partial charge is 0.387 e. The Morgan fingerprint density at radius 2 is 2.00 bits per heavy atom. The normalized spacial score (nSPS) is 10.9. The van der Waals surface area contributed by atoms with Crippen LogP contribution in [0.1, 0.15) is 18.2 Å². The number of nitrogens with one attached hydrogen (secondary N) is 1. The fourth-order valence-electron chi connectivity index (χ4n) is 2.15. The van der Waals surface area contributed by atoms with Gasteiger partial charge in [0, 0.05) is 23.8 Å². The standard InChI is InChI=1S/C13H14Cl2N2/c1-4-8-7(2)17-13-9(12(8)16-3)5-6-10(14)11(13)15/h5-6H,4H2,1-3H3,(H,16,17). The van der Waals surface area contributed by atoms with Gasteiger partial charge in [-0.25, -0.2) is 0 Å². The van der Waals surface area contributed by atoms with E-state index in [1.807, 2.05) is 26.1 Å². The Hall–Kier alpha value is -0.990. The fraction of sp³-hybridized carbons (Fsp3) is 0.308. The van der Waals surface area contributed by atoms with E-state index in [1.54, 1.807) is 0 Å². The number of fused-ring (bicyclic) bond motifs is 1. The molecule has 2 aromatic rings. The van der Waals surface area contributed by atoms with E-state index in [0.717, 1.165) is 28.7 Å². The maximum atomic E-state index is 6.20. The Labute approximate surface area is 111 Å². The molecule has 2 rings (SSSR count). The minimum atomic E-state index is 0.520. The molecule has 0 saturated carbocycles. The molecule has 0 aliphatic rings. The van der Waals surface area contributed by atoms with Gasteiger partial charge in [0.25, 0.3) is 0 Å². The lowest BCUT2D eigenvalue weighted by molar-refractivity contribution is 1.07. The first kappa shape index (κ1) is 12.5. The Morgan fingerprint density at radius 1 is 1.29 bits per heavy atom. The molecule has 0 bridgehead atoms. The SMILES string of the molecule is CCc1c(C)nc2c(Cl)c(Cl)ccc2c1NC. The zero-order chi connectivity index (χ0) is 12.6. The topological polar surface area (TPSA) is 24.9 Å². The molecule has 90 valence electrons. The summed E-state index contributed by atoms with van der Waals surface area (Å²) < 4.78 is 0. The molecular formula is C13H14Cl2N2. The van der Waals surface area contributed by atoms with Gasteiger partial charge >= 0.3 is 0 Å². The third kappa shape index (κ3) is 1.96. The van der Waals surface area contributed by atoms with Crippen molar-refractivity contribution in [3.8, 4) is 0 Å². The third-order valence-corrected chi connectivity index (χ3v) is 3.75. The highest BCUT2D eigenvalue weighted by Crippen LogP contribution is 2.35. The average Bonchev–Trinajstić information content (AvgIpc) is 2.33. The van der Waals surface area contributed by atoms with E-state index in [2.05, 4.69) is 17.2 Å². The summed E-state index contributed by atoms with van der Waals surface area (Å²) in [4.78, 5) is 4.56. The molecule has 4 heteroatoms. The van der Waals surface area contributed by atoms with E-state index >= 15 is 0 Å². The van der Waals surface area contributed by atoms with Crippen molar-refractivity contribution < 1.29 is 0 Å². The van der Waals surface area contributed by atoms with Crippen LogP contribution in [0.4, 0.5) is 5.69 Å². The van der Waals surface area contributed by atoms with Crippen LogP contribution >= 0.6 is 23.2 Å². The molecule has 1 N–H and O–H groups in total. The second kappa shape index (κ2) is 4.71.